The monoisotopic (exact) mass is 342 g/mol. The minimum atomic E-state index is -3.50. The average molecular weight is 342 g/mol. The van der Waals surface area contributed by atoms with Crippen molar-refractivity contribution in [1.29, 1.82) is 0 Å². The number of piperidine rings is 1. The van der Waals surface area contributed by atoms with Gasteiger partial charge in [-0.2, -0.15) is 4.31 Å². The van der Waals surface area contributed by atoms with Gasteiger partial charge in [-0.05, 0) is 45.7 Å². The molecule has 2 aliphatic heterocycles. The van der Waals surface area contributed by atoms with Gasteiger partial charge in [-0.3, -0.25) is 0 Å². The van der Waals surface area contributed by atoms with Crippen LogP contribution in [0.25, 0.3) is 0 Å². The summed E-state index contributed by atoms with van der Waals surface area (Å²) in [6.07, 6.45) is 2.51. The molecule has 2 saturated heterocycles. The highest BCUT2D eigenvalue weighted by molar-refractivity contribution is 7.89. The lowest BCUT2D eigenvalue weighted by molar-refractivity contribution is 0.154. The lowest BCUT2D eigenvalue weighted by Crippen LogP contribution is -2.50. The van der Waals surface area contributed by atoms with Gasteiger partial charge in [-0.15, -0.1) is 0 Å². The molecular formula is C15H26N4O3S. The van der Waals surface area contributed by atoms with Crippen molar-refractivity contribution in [2.75, 3.05) is 45.8 Å². The van der Waals surface area contributed by atoms with Gasteiger partial charge in [-0.25, -0.2) is 8.42 Å². The number of hydrogen-bond donors (Lipinski definition) is 1. The van der Waals surface area contributed by atoms with Gasteiger partial charge >= 0.3 is 0 Å². The Kier molecular flexibility index (Phi) is 5.05. The molecule has 0 aliphatic carbocycles. The molecule has 0 amide bonds. The number of nitrogens with zero attached hydrogens (tertiary/aromatic N) is 3. The van der Waals surface area contributed by atoms with Gasteiger partial charge in [0.2, 0.25) is 10.0 Å². The van der Waals surface area contributed by atoms with Crippen molar-refractivity contribution >= 4 is 10.0 Å². The number of piperazine rings is 1. The van der Waals surface area contributed by atoms with Crippen molar-refractivity contribution in [3.8, 4) is 0 Å². The van der Waals surface area contributed by atoms with Crippen molar-refractivity contribution in [2.45, 2.75) is 31.6 Å². The summed E-state index contributed by atoms with van der Waals surface area (Å²) in [4.78, 5) is 2.62. The van der Waals surface area contributed by atoms with Crippen LogP contribution in [-0.2, 0) is 10.0 Å². The summed E-state index contributed by atoms with van der Waals surface area (Å²) in [6.45, 7) is 9.25. The van der Waals surface area contributed by atoms with Gasteiger partial charge in [0.05, 0.1) is 0 Å². The highest BCUT2D eigenvalue weighted by atomic mass is 32.2. The molecule has 3 heterocycles. The van der Waals surface area contributed by atoms with Crippen LogP contribution < -0.4 is 5.32 Å². The molecule has 23 heavy (non-hydrogen) atoms. The second-order valence-corrected chi connectivity index (χ2v) is 8.45. The lowest BCUT2D eigenvalue weighted by atomic mass is 9.99. The number of hydrogen-bond acceptors (Lipinski definition) is 6. The first-order valence-corrected chi connectivity index (χ1v) is 9.78. The van der Waals surface area contributed by atoms with E-state index >= 15 is 0 Å². The Bertz CT molecular complexity index is 610. The smallest absolute Gasteiger partial charge is 0.248 e. The van der Waals surface area contributed by atoms with Crippen LogP contribution in [0.5, 0.6) is 0 Å². The van der Waals surface area contributed by atoms with Crippen LogP contribution in [0.1, 0.15) is 24.3 Å². The van der Waals surface area contributed by atoms with Crippen molar-refractivity contribution in [1.82, 2.24) is 19.7 Å². The minimum Gasteiger partial charge on any atom is -0.360 e. The summed E-state index contributed by atoms with van der Waals surface area (Å²) < 4.78 is 32.2. The Balaban J connectivity index is 1.60. The molecule has 8 heteroatoms. The first-order valence-electron chi connectivity index (χ1n) is 8.34. The predicted octanol–water partition coefficient (Wildman–Crippen LogP) is 0.597. The van der Waals surface area contributed by atoms with E-state index in [0.717, 1.165) is 32.7 Å². The second kappa shape index (κ2) is 6.88. The summed E-state index contributed by atoms with van der Waals surface area (Å²) in [6, 6.07) is 0. The lowest BCUT2D eigenvalue weighted by Gasteiger charge is -2.36. The van der Waals surface area contributed by atoms with E-state index in [1.54, 1.807) is 18.2 Å². The molecule has 7 nitrogen and oxygen atoms in total. The fraction of sp³-hybridized carbons (Fsp3) is 0.800. The molecule has 1 aromatic rings. The number of sulfonamides is 1. The Morgan fingerprint density at radius 2 is 2.00 bits per heavy atom. The first kappa shape index (κ1) is 16.9. The summed E-state index contributed by atoms with van der Waals surface area (Å²) in [7, 11) is -3.50. The van der Waals surface area contributed by atoms with E-state index < -0.39 is 10.0 Å². The highest BCUT2D eigenvalue weighted by Gasteiger charge is 2.33. The van der Waals surface area contributed by atoms with E-state index in [2.05, 4.69) is 15.4 Å². The standard InChI is InChI=1S/C15H26N4O3S/c1-12-15(13(2)22-17-12)23(20,21)19-8-6-18(7-9-19)11-14-4-3-5-16-10-14/h14,16H,3-11H2,1-2H3. The van der Waals surface area contributed by atoms with Crippen LogP contribution in [-0.4, -0.2) is 68.6 Å². The van der Waals surface area contributed by atoms with E-state index in [1.165, 1.54) is 12.8 Å². The minimum absolute atomic E-state index is 0.238. The molecule has 0 bridgehead atoms. The maximum atomic E-state index is 12.8. The van der Waals surface area contributed by atoms with Gasteiger partial charge in [0.15, 0.2) is 5.76 Å². The Morgan fingerprint density at radius 3 is 2.57 bits per heavy atom. The summed E-state index contributed by atoms with van der Waals surface area (Å²) >= 11 is 0. The van der Waals surface area contributed by atoms with Gasteiger partial charge in [0.25, 0.3) is 0 Å². The van der Waals surface area contributed by atoms with Crippen LogP contribution in [0, 0.1) is 19.8 Å². The molecule has 0 saturated carbocycles. The third-order valence-corrected chi connectivity index (χ3v) is 6.96. The van der Waals surface area contributed by atoms with Crippen molar-refractivity contribution in [2.24, 2.45) is 5.92 Å². The van der Waals surface area contributed by atoms with E-state index in [9.17, 15) is 8.42 Å². The van der Waals surface area contributed by atoms with E-state index in [0.29, 0.717) is 30.5 Å². The van der Waals surface area contributed by atoms with Crippen molar-refractivity contribution in [3.63, 3.8) is 0 Å². The Morgan fingerprint density at radius 1 is 1.26 bits per heavy atom. The number of aromatic nitrogens is 1. The molecule has 1 N–H and O–H groups in total. The van der Waals surface area contributed by atoms with Gasteiger partial charge in [0.1, 0.15) is 10.6 Å². The van der Waals surface area contributed by atoms with Gasteiger partial charge < -0.3 is 14.7 Å². The van der Waals surface area contributed by atoms with Crippen molar-refractivity contribution < 1.29 is 12.9 Å². The quantitative estimate of drug-likeness (QED) is 0.863. The molecule has 2 fully saturated rings. The molecule has 1 aromatic heterocycles. The molecule has 2 aliphatic rings. The highest BCUT2D eigenvalue weighted by Crippen LogP contribution is 2.24. The number of rotatable bonds is 4. The fourth-order valence-corrected chi connectivity index (χ4v) is 5.28. The predicted molar refractivity (Wildman–Crippen MR) is 86.8 cm³/mol. The zero-order valence-corrected chi connectivity index (χ0v) is 14.7. The summed E-state index contributed by atoms with van der Waals surface area (Å²) in [5.74, 6) is 1.06. The summed E-state index contributed by atoms with van der Waals surface area (Å²) in [5.41, 5.74) is 0.443. The fourth-order valence-electron chi connectivity index (χ4n) is 3.57. The molecule has 1 atom stereocenters. The Hall–Kier alpha value is -0.960. The molecule has 130 valence electrons. The molecule has 0 spiro atoms. The zero-order chi connectivity index (χ0) is 16.4. The number of nitrogens with one attached hydrogen (secondary N) is 1. The van der Waals surface area contributed by atoms with E-state index in [4.69, 9.17) is 4.52 Å². The number of aryl methyl sites for hydroxylation is 2. The van der Waals surface area contributed by atoms with E-state index in [-0.39, 0.29) is 4.90 Å². The first-order chi connectivity index (χ1) is 11.0. The summed E-state index contributed by atoms with van der Waals surface area (Å²) in [5, 5.41) is 7.21. The topological polar surface area (TPSA) is 78.7 Å². The van der Waals surface area contributed by atoms with Crippen LogP contribution in [0.3, 0.4) is 0 Å². The molecular weight excluding hydrogens is 316 g/mol. The van der Waals surface area contributed by atoms with Crippen LogP contribution in [0.4, 0.5) is 0 Å². The molecule has 1 unspecified atom stereocenters. The van der Waals surface area contributed by atoms with Crippen LogP contribution in [0.15, 0.2) is 9.42 Å². The SMILES string of the molecule is Cc1noc(C)c1S(=O)(=O)N1CCN(CC2CCCNC2)CC1. The molecule has 0 aromatic carbocycles. The largest absolute Gasteiger partial charge is 0.360 e. The maximum Gasteiger partial charge on any atom is 0.248 e. The van der Waals surface area contributed by atoms with Crippen LogP contribution >= 0.6 is 0 Å². The normalized spacial score (nSPS) is 24.9. The maximum absolute atomic E-state index is 12.8. The average Bonchev–Trinajstić information content (AvgIpc) is 2.88. The zero-order valence-electron chi connectivity index (χ0n) is 13.9. The van der Waals surface area contributed by atoms with Gasteiger partial charge in [0, 0.05) is 32.7 Å². The molecule has 0 radical (unpaired) electrons. The van der Waals surface area contributed by atoms with Crippen molar-refractivity contribution in [3.05, 3.63) is 11.5 Å². The van der Waals surface area contributed by atoms with Crippen LogP contribution in [0.2, 0.25) is 0 Å². The van der Waals surface area contributed by atoms with E-state index in [1.807, 2.05) is 0 Å². The third-order valence-electron chi connectivity index (χ3n) is 4.81. The molecule has 3 rings (SSSR count). The Labute approximate surface area is 138 Å². The van der Waals surface area contributed by atoms with Gasteiger partial charge in [-0.1, -0.05) is 5.16 Å². The third kappa shape index (κ3) is 3.60. The second-order valence-electron chi connectivity index (χ2n) is 6.57.